The average Bonchev–Trinajstić information content (AvgIpc) is 2.20. The van der Waals surface area contributed by atoms with Gasteiger partial charge in [-0.3, -0.25) is 4.79 Å². The number of ether oxygens (including phenoxy) is 1. The van der Waals surface area contributed by atoms with Gasteiger partial charge in [0.05, 0.1) is 13.0 Å². The number of carbonyl (C=O) groups is 1. The van der Waals surface area contributed by atoms with Gasteiger partial charge in [0.15, 0.2) is 0 Å². The van der Waals surface area contributed by atoms with Gasteiger partial charge in [-0.15, -0.1) is 0 Å². The SMILES string of the molecule is NCCCOc1ccccc1CC(=O)O. The smallest absolute Gasteiger partial charge is 0.307 e. The van der Waals surface area contributed by atoms with Crippen LogP contribution < -0.4 is 10.5 Å². The number of para-hydroxylation sites is 1. The van der Waals surface area contributed by atoms with Gasteiger partial charge in [0.2, 0.25) is 0 Å². The van der Waals surface area contributed by atoms with E-state index in [1.807, 2.05) is 6.07 Å². The first-order valence-electron chi connectivity index (χ1n) is 4.86. The second-order valence-electron chi connectivity index (χ2n) is 3.17. The van der Waals surface area contributed by atoms with Gasteiger partial charge in [-0.1, -0.05) is 18.2 Å². The molecular weight excluding hydrogens is 194 g/mol. The van der Waals surface area contributed by atoms with E-state index in [1.54, 1.807) is 18.2 Å². The highest BCUT2D eigenvalue weighted by atomic mass is 16.5. The molecule has 0 bridgehead atoms. The number of rotatable bonds is 6. The monoisotopic (exact) mass is 209 g/mol. The zero-order valence-electron chi connectivity index (χ0n) is 8.48. The standard InChI is InChI=1S/C11H15NO3/c12-6-3-7-15-10-5-2-1-4-9(10)8-11(13)14/h1-2,4-5H,3,6-8,12H2,(H,13,14). The summed E-state index contributed by atoms with van der Waals surface area (Å²) in [6.07, 6.45) is 0.750. The zero-order chi connectivity index (χ0) is 11.1. The maximum absolute atomic E-state index is 10.6. The Balaban J connectivity index is 2.64. The maximum atomic E-state index is 10.6. The normalized spacial score (nSPS) is 9.93. The summed E-state index contributed by atoms with van der Waals surface area (Å²) >= 11 is 0. The molecule has 0 saturated heterocycles. The molecule has 3 N–H and O–H groups in total. The van der Waals surface area contributed by atoms with E-state index in [4.69, 9.17) is 15.6 Å². The Morgan fingerprint density at radius 3 is 2.80 bits per heavy atom. The fourth-order valence-corrected chi connectivity index (χ4v) is 1.22. The molecule has 0 fully saturated rings. The van der Waals surface area contributed by atoms with Gasteiger partial charge < -0.3 is 15.6 Å². The summed E-state index contributed by atoms with van der Waals surface area (Å²) in [6.45, 7) is 1.09. The van der Waals surface area contributed by atoms with Gasteiger partial charge >= 0.3 is 5.97 Å². The number of benzene rings is 1. The average molecular weight is 209 g/mol. The topological polar surface area (TPSA) is 72.5 Å². The van der Waals surface area contributed by atoms with E-state index in [-0.39, 0.29) is 6.42 Å². The van der Waals surface area contributed by atoms with Crippen molar-refractivity contribution in [3.8, 4) is 5.75 Å². The van der Waals surface area contributed by atoms with Crippen molar-refractivity contribution in [1.29, 1.82) is 0 Å². The highest BCUT2D eigenvalue weighted by Crippen LogP contribution is 2.18. The Labute approximate surface area is 88.7 Å². The molecule has 4 nitrogen and oxygen atoms in total. The summed E-state index contributed by atoms with van der Waals surface area (Å²) in [5.74, 6) is -0.224. The fourth-order valence-electron chi connectivity index (χ4n) is 1.22. The first kappa shape index (κ1) is 11.5. The van der Waals surface area contributed by atoms with E-state index in [1.165, 1.54) is 0 Å². The molecule has 15 heavy (non-hydrogen) atoms. The Morgan fingerprint density at radius 1 is 1.40 bits per heavy atom. The number of aliphatic carboxylic acids is 1. The molecule has 0 heterocycles. The number of carboxylic acid groups (broad SMARTS) is 1. The van der Waals surface area contributed by atoms with Crippen molar-refractivity contribution in [3.05, 3.63) is 29.8 Å². The van der Waals surface area contributed by atoms with Gasteiger partial charge in [-0.2, -0.15) is 0 Å². The molecule has 0 aliphatic heterocycles. The molecule has 0 aliphatic carbocycles. The van der Waals surface area contributed by atoms with E-state index >= 15 is 0 Å². The van der Waals surface area contributed by atoms with Crippen molar-refractivity contribution in [1.82, 2.24) is 0 Å². The lowest BCUT2D eigenvalue weighted by Gasteiger charge is -2.09. The van der Waals surface area contributed by atoms with Crippen LogP contribution in [0.5, 0.6) is 5.75 Å². The molecule has 1 rings (SSSR count). The highest BCUT2D eigenvalue weighted by molar-refractivity contribution is 5.71. The molecule has 0 amide bonds. The summed E-state index contributed by atoms with van der Waals surface area (Å²) in [5.41, 5.74) is 6.03. The van der Waals surface area contributed by atoms with Gasteiger partial charge in [0.1, 0.15) is 5.75 Å². The van der Waals surface area contributed by atoms with Crippen molar-refractivity contribution < 1.29 is 14.6 Å². The lowest BCUT2D eigenvalue weighted by atomic mass is 10.1. The van der Waals surface area contributed by atoms with Crippen LogP contribution in [0.2, 0.25) is 0 Å². The summed E-state index contributed by atoms with van der Waals surface area (Å²) in [4.78, 5) is 10.6. The highest BCUT2D eigenvalue weighted by Gasteiger charge is 2.06. The van der Waals surface area contributed by atoms with Crippen LogP contribution in [0.1, 0.15) is 12.0 Å². The van der Waals surface area contributed by atoms with Gasteiger partial charge in [-0.05, 0) is 19.0 Å². The van der Waals surface area contributed by atoms with Crippen LogP contribution >= 0.6 is 0 Å². The van der Waals surface area contributed by atoms with Crippen molar-refractivity contribution in [2.45, 2.75) is 12.8 Å². The molecule has 0 saturated carbocycles. The first-order valence-corrected chi connectivity index (χ1v) is 4.86. The minimum Gasteiger partial charge on any atom is -0.493 e. The van der Waals surface area contributed by atoms with Crippen molar-refractivity contribution in [2.75, 3.05) is 13.2 Å². The van der Waals surface area contributed by atoms with Crippen LogP contribution in [0.25, 0.3) is 0 Å². The van der Waals surface area contributed by atoms with Crippen molar-refractivity contribution in [2.24, 2.45) is 5.73 Å². The number of hydrogen-bond donors (Lipinski definition) is 2. The lowest BCUT2D eigenvalue weighted by Crippen LogP contribution is -2.08. The molecule has 0 atom stereocenters. The predicted octanol–water partition coefficient (Wildman–Crippen LogP) is 1.04. The number of carboxylic acids is 1. The summed E-state index contributed by atoms with van der Waals surface area (Å²) in [5, 5.41) is 8.69. The molecule has 1 aromatic carbocycles. The minimum atomic E-state index is -0.857. The van der Waals surface area contributed by atoms with Crippen molar-refractivity contribution >= 4 is 5.97 Å². The lowest BCUT2D eigenvalue weighted by molar-refractivity contribution is -0.136. The molecule has 0 radical (unpaired) electrons. The minimum absolute atomic E-state index is 0.0151. The van der Waals surface area contributed by atoms with Crippen LogP contribution in [-0.2, 0) is 11.2 Å². The summed E-state index contributed by atoms with van der Waals surface area (Å²) < 4.78 is 5.44. The molecule has 0 spiro atoms. The number of hydrogen-bond acceptors (Lipinski definition) is 3. The molecule has 4 heteroatoms. The van der Waals surface area contributed by atoms with Crippen LogP contribution in [0.3, 0.4) is 0 Å². The second-order valence-corrected chi connectivity index (χ2v) is 3.17. The van der Waals surface area contributed by atoms with Crippen molar-refractivity contribution in [3.63, 3.8) is 0 Å². The van der Waals surface area contributed by atoms with E-state index in [9.17, 15) is 4.79 Å². The Morgan fingerprint density at radius 2 is 2.13 bits per heavy atom. The van der Waals surface area contributed by atoms with Crippen LogP contribution in [0, 0.1) is 0 Å². The second kappa shape index (κ2) is 6.03. The van der Waals surface area contributed by atoms with Crippen LogP contribution in [0.15, 0.2) is 24.3 Å². The maximum Gasteiger partial charge on any atom is 0.307 e. The molecule has 0 aromatic heterocycles. The molecule has 1 aromatic rings. The third-order valence-corrected chi connectivity index (χ3v) is 1.92. The Kier molecular flexibility index (Phi) is 4.63. The largest absolute Gasteiger partial charge is 0.493 e. The van der Waals surface area contributed by atoms with E-state index in [2.05, 4.69) is 0 Å². The van der Waals surface area contributed by atoms with E-state index < -0.39 is 5.97 Å². The fraction of sp³-hybridized carbons (Fsp3) is 0.364. The third kappa shape index (κ3) is 3.99. The first-order chi connectivity index (χ1) is 7.24. The zero-order valence-corrected chi connectivity index (χ0v) is 8.48. The van der Waals surface area contributed by atoms with Crippen LogP contribution in [0.4, 0.5) is 0 Å². The third-order valence-electron chi connectivity index (χ3n) is 1.92. The molecular formula is C11H15NO3. The van der Waals surface area contributed by atoms with Gasteiger partial charge in [0, 0.05) is 5.56 Å². The van der Waals surface area contributed by atoms with Gasteiger partial charge in [0.25, 0.3) is 0 Å². The summed E-state index contributed by atoms with van der Waals surface area (Å²) in [6, 6.07) is 7.15. The summed E-state index contributed by atoms with van der Waals surface area (Å²) in [7, 11) is 0. The Bertz CT molecular complexity index is 325. The van der Waals surface area contributed by atoms with E-state index in [0.717, 1.165) is 6.42 Å². The van der Waals surface area contributed by atoms with E-state index in [0.29, 0.717) is 24.5 Å². The molecule has 0 aliphatic rings. The quantitative estimate of drug-likeness (QED) is 0.687. The van der Waals surface area contributed by atoms with Crippen LogP contribution in [-0.4, -0.2) is 24.2 Å². The molecule has 82 valence electrons. The number of nitrogens with two attached hydrogens (primary N) is 1. The predicted molar refractivity (Wildman–Crippen MR) is 56.9 cm³/mol. The Hall–Kier alpha value is -1.55. The molecule has 0 unspecified atom stereocenters. The van der Waals surface area contributed by atoms with Gasteiger partial charge in [-0.25, -0.2) is 0 Å².